The van der Waals surface area contributed by atoms with Crippen LogP contribution in [0, 0.1) is 40.6 Å². The summed E-state index contributed by atoms with van der Waals surface area (Å²) in [6.07, 6.45) is 1.06. The van der Waals surface area contributed by atoms with Crippen LogP contribution in [0.1, 0.15) is 29.5 Å². The zero-order valence-electron chi connectivity index (χ0n) is 21.4. The lowest BCUT2D eigenvalue weighted by atomic mass is 9.86. The van der Waals surface area contributed by atoms with E-state index in [0.29, 0.717) is 29.5 Å². The van der Waals surface area contributed by atoms with Gasteiger partial charge in [0.05, 0.1) is 12.0 Å². The smallest absolute Gasteiger partial charge is 0.328 e. The van der Waals surface area contributed by atoms with Crippen LogP contribution >= 0.6 is 0 Å². The summed E-state index contributed by atoms with van der Waals surface area (Å²) in [5, 5.41) is 0. The molecule has 204 valence electrons. The first-order valence-electron chi connectivity index (χ1n) is 13.3. The molecule has 5 atom stereocenters. The molecule has 4 bridgehead atoms. The van der Waals surface area contributed by atoms with Crippen LogP contribution in [-0.4, -0.2) is 33.2 Å². The van der Waals surface area contributed by atoms with Crippen LogP contribution in [0.5, 0.6) is 0 Å². The lowest BCUT2D eigenvalue weighted by molar-refractivity contribution is -0.152. The topological polar surface area (TPSA) is 66.9 Å². The van der Waals surface area contributed by atoms with Gasteiger partial charge in [-0.25, -0.2) is 18.0 Å². The van der Waals surface area contributed by atoms with Gasteiger partial charge in [0.15, 0.2) is 0 Å². The maximum atomic E-state index is 14.3. The van der Waals surface area contributed by atoms with E-state index in [2.05, 4.69) is 0 Å². The van der Waals surface area contributed by atoms with E-state index in [1.54, 1.807) is 29.2 Å². The fourth-order valence-corrected chi connectivity index (χ4v) is 7.76. The second-order valence-corrected chi connectivity index (χ2v) is 11.3. The van der Waals surface area contributed by atoms with Crippen molar-refractivity contribution in [2.24, 2.45) is 23.2 Å². The van der Waals surface area contributed by atoms with Crippen molar-refractivity contribution in [2.75, 3.05) is 0 Å². The molecule has 9 heteroatoms. The number of nitrogens with zero attached hydrogens (tertiary/aromatic N) is 2. The standard InChI is InChI=1S/C31H25F3N2O4/c32-22-7-1-18(2-8-22)15-35-27(37)31(36(29(35)39)16-19-3-9-23(33)10-4-19)21-13-25-26(31)30(25,14-21)28(38)40-17-20-5-11-24(34)12-6-20/h1-12,21,25-26H,13-17H2/t21-,25-,26+,30+,31+/m1/s1. The monoisotopic (exact) mass is 546 g/mol. The fraction of sp³-hybridized carbons (Fsp3) is 0.323. The molecular weight excluding hydrogens is 521 g/mol. The molecule has 3 aromatic rings. The molecule has 0 aromatic heterocycles. The van der Waals surface area contributed by atoms with Crippen molar-refractivity contribution in [3.63, 3.8) is 0 Å². The van der Waals surface area contributed by atoms with Gasteiger partial charge in [-0.3, -0.25) is 14.5 Å². The number of imide groups is 1. The molecule has 8 rings (SSSR count). The Morgan fingerprint density at radius 3 is 1.88 bits per heavy atom. The Bertz CT molecular complexity index is 1530. The van der Waals surface area contributed by atoms with Crippen LogP contribution in [0.25, 0.3) is 0 Å². The Hall–Kier alpha value is -4.14. The van der Waals surface area contributed by atoms with Gasteiger partial charge in [-0.1, -0.05) is 36.4 Å². The average Bonchev–Trinajstić information content (AvgIpc) is 3.26. The highest BCUT2D eigenvalue weighted by atomic mass is 19.1. The number of halogens is 3. The molecule has 5 aliphatic rings. The molecule has 6 nitrogen and oxygen atoms in total. The molecule has 40 heavy (non-hydrogen) atoms. The number of hydrogen-bond donors (Lipinski definition) is 0. The van der Waals surface area contributed by atoms with Gasteiger partial charge in [0.25, 0.3) is 5.91 Å². The number of amides is 3. The van der Waals surface area contributed by atoms with Gasteiger partial charge in [0.1, 0.15) is 29.6 Å². The zero-order valence-corrected chi connectivity index (χ0v) is 21.4. The number of carbonyl (C=O) groups excluding carboxylic acids is 3. The van der Waals surface area contributed by atoms with Gasteiger partial charge < -0.3 is 9.64 Å². The highest BCUT2D eigenvalue weighted by Gasteiger charge is 2.92. The van der Waals surface area contributed by atoms with Crippen molar-refractivity contribution in [1.82, 2.24) is 9.80 Å². The molecule has 0 N–H and O–H groups in total. The van der Waals surface area contributed by atoms with Gasteiger partial charge in [0.2, 0.25) is 0 Å². The van der Waals surface area contributed by atoms with E-state index in [9.17, 15) is 27.6 Å². The molecule has 3 amide bonds. The predicted molar refractivity (Wildman–Crippen MR) is 135 cm³/mol. The number of rotatable bonds is 7. The van der Waals surface area contributed by atoms with Crippen LogP contribution in [0.3, 0.4) is 0 Å². The van der Waals surface area contributed by atoms with Crippen LogP contribution in [0.4, 0.5) is 18.0 Å². The summed E-state index contributed by atoms with van der Waals surface area (Å²) < 4.78 is 46.1. The third kappa shape index (κ3) is 3.39. The van der Waals surface area contributed by atoms with E-state index < -0.39 is 34.6 Å². The molecule has 0 unspecified atom stereocenters. The molecule has 4 saturated carbocycles. The fourth-order valence-electron chi connectivity index (χ4n) is 7.76. The molecule has 4 aliphatic carbocycles. The molecule has 5 fully saturated rings. The van der Waals surface area contributed by atoms with Gasteiger partial charge in [0, 0.05) is 12.5 Å². The summed E-state index contributed by atoms with van der Waals surface area (Å²) in [5.74, 6) is -2.67. The van der Waals surface area contributed by atoms with Crippen molar-refractivity contribution < 1.29 is 32.3 Å². The molecule has 1 saturated heterocycles. The van der Waals surface area contributed by atoms with E-state index in [4.69, 9.17) is 4.74 Å². The van der Waals surface area contributed by atoms with Gasteiger partial charge >= 0.3 is 12.0 Å². The third-order valence-corrected chi connectivity index (χ3v) is 9.40. The summed E-state index contributed by atoms with van der Waals surface area (Å²) in [4.78, 5) is 44.4. The Morgan fingerprint density at radius 1 is 0.800 bits per heavy atom. The van der Waals surface area contributed by atoms with E-state index in [1.165, 1.54) is 53.4 Å². The summed E-state index contributed by atoms with van der Waals surface area (Å²) in [6, 6.07) is 16.6. The van der Waals surface area contributed by atoms with E-state index >= 15 is 0 Å². The number of urea groups is 1. The molecule has 1 heterocycles. The van der Waals surface area contributed by atoms with Crippen molar-refractivity contribution in [2.45, 2.75) is 38.1 Å². The molecular formula is C31H25F3N2O4. The van der Waals surface area contributed by atoms with Crippen molar-refractivity contribution in [1.29, 1.82) is 0 Å². The number of benzene rings is 3. The normalized spacial score (nSPS) is 29.5. The molecule has 3 aromatic carbocycles. The minimum atomic E-state index is -1.20. The van der Waals surface area contributed by atoms with Gasteiger partial charge in [-0.15, -0.1) is 0 Å². The Balaban J connectivity index is 1.20. The van der Waals surface area contributed by atoms with E-state index in [-0.39, 0.29) is 49.2 Å². The highest BCUT2D eigenvalue weighted by Crippen LogP contribution is 2.85. The molecule has 0 radical (unpaired) electrons. The van der Waals surface area contributed by atoms with Crippen LogP contribution in [-0.2, 0) is 34.0 Å². The van der Waals surface area contributed by atoms with E-state index in [1.807, 2.05) is 0 Å². The third-order valence-electron chi connectivity index (χ3n) is 9.40. The second kappa shape index (κ2) is 8.68. The SMILES string of the molecule is O=C1N(Cc2ccc(F)cc2)C(=O)[C@@]2([C@@H]3C[C@@H]4[C@H]2[C@]4(C(=O)OCc2ccc(F)cc2)C3)N1Cc1ccc(F)cc1. The summed E-state index contributed by atoms with van der Waals surface area (Å²) in [5.41, 5.74) is -0.134. The van der Waals surface area contributed by atoms with Crippen LogP contribution in [0.2, 0.25) is 0 Å². The minimum Gasteiger partial charge on any atom is -0.460 e. The second-order valence-electron chi connectivity index (χ2n) is 11.3. The van der Waals surface area contributed by atoms with E-state index in [0.717, 1.165) is 0 Å². The van der Waals surface area contributed by atoms with Crippen LogP contribution < -0.4 is 0 Å². The number of esters is 1. The Morgan fingerprint density at radius 2 is 1.32 bits per heavy atom. The Kier molecular flexibility index (Phi) is 5.40. The lowest BCUT2D eigenvalue weighted by Gasteiger charge is -2.35. The Labute approximate surface area is 228 Å². The average molecular weight is 547 g/mol. The molecule has 1 spiro atoms. The maximum Gasteiger partial charge on any atom is 0.328 e. The zero-order chi connectivity index (χ0) is 27.8. The van der Waals surface area contributed by atoms with Gasteiger partial charge in [-0.2, -0.15) is 0 Å². The number of carbonyl (C=O) groups is 3. The number of ether oxygens (including phenoxy) is 1. The van der Waals surface area contributed by atoms with Gasteiger partial charge in [-0.05, 0) is 77.8 Å². The van der Waals surface area contributed by atoms with Crippen molar-refractivity contribution in [3.8, 4) is 0 Å². The quantitative estimate of drug-likeness (QED) is 0.302. The van der Waals surface area contributed by atoms with Crippen LogP contribution in [0.15, 0.2) is 72.8 Å². The maximum absolute atomic E-state index is 14.3. The predicted octanol–water partition coefficient (Wildman–Crippen LogP) is 5.21. The first-order chi connectivity index (χ1) is 19.2. The summed E-state index contributed by atoms with van der Waals surface area (Å²) in [6.45, 7) is 0.0533. The molecule has 1 aliphatic heterocycles. The van der Waals surface area contributed by atoms with Crippen molar-refractivity contribution >= 4 is 17.9 Å². The minimum absolute atomic E-state index is 0.0131. The summed E-state index contributed by atoms with van der Waals surface area (Å²) in [7, 11) is 0. The lowest BCUT2D eigenvalue weighted by Crippen LogP contribution is -2.53. The van der Waals surface area contributed by atoms with Crippen molar-refractivity contribution in [3.05, 3.63) is 107 Å². The summed E-state index contributed by atoms with van der Waals surface area (Å²) >= 11 is 0. The first-order valence-corrected chi connectivity index (χ1v) is 13.3. The number of hydrogen-bond acceptors (Lipinski definition) is 4. The first kappa shape index (κ1) is 24.9. The largest absolute Gasteiger partial charge is 0.460 e. The highest BCUT2D eigenvalue weighted by molar-refractivity contribution is 6.10.